The van der Waals surface area contributed by atoms with E-state index < -0.39 is 11.5 Å². The molecule has 0 radical (unpaired) electrons. The monoisotopic (exact) mass is 263 g/mol. The zero-order valence-corrected chi connectivity index (χ0v) is 11.6. The second-order valence-electron chi connectivity index (χ2n) is 5.62. The van der Waals surface area contributed by atoms with Gasteiger partial charge in [0.15, 0.2) is 0 Å². The molecule has 1 aliphatic rings. The van der Waals surface area contributed by atoms with E-state index in [2.05, 4.69) is 19.2 Å². The Balaban J connectivity index is 2.17. The van der Waals surface area contributed by atoms with Crippen LogP contribution < -0.4 is 10.1 Å². The van der Waals surface area contributed by atoms with Gasteiger partial charge in [-0.2, -0.15) is 0 Å². The molecular weight excluding hydrogens is 242 g/mol. The van der Waals surface area contributed by atoms with Crippen molar-refractivity contribution in [3.63, 3.8) is 0 Å². The van der Waals surface area contributed by atoms with Crippen LogP contribution >= 0.6 is 0 Å². The molecule has 1 saturated carbocycles. The highest BCUT2D eigenvalue weighted by molar-refractivity contribution is 5.85. The first kappa shape index (κ1) is 13.7. The number of nitrogens with one attached hydrogen (secondary N) is 1. The number of rotatable bonds is 5. The number of benzene rings is 1. The Labute approximate surface area is 113 Å². The second kappa shape index (κ2) is 5.11. The number of hydrogen-bond donors (Lipinski definition) is 2. The lowest BCUT2D eigenvalue weighted by Crippen LogP contribution is -2.57. The van der Waals surface area contributed by atoms with Gasteiger partial charge in [-0.05, 0) is 36.8 Å². The SMILES string of the molecule is COc1ccccc1NC1(C(=O)O)CC(C(C)C)C1. The Hall–Kier alpha value is -1.71. The van der Waals surface area contributed by atoms with Gasteiger partial charge in [0, 0.05) is 0 Å². The van der Waals surface area contributed by atoms with E-state index in [1.807, 2.05) is 24.3 Å². The third-order valence-corrected chi connectivity index (χ3v) is 4.05. The minimum absolute atomic E-state index is 0.471. The standard InChI is InChI=1S/C15H21NO3/c1-10(2)11-8-15(9-11,14(17)18)16-12-6-4-5-7-13(12)19-3/h4-7,10-11,16H,8-9H2,1-3H3,(H,17,18). The van der Waals surface area contributed by atoms with Crippen LogP contribution in [0.5, 0.6) is 5.75 Å². The molecule has 0 amide bonds. The minimum Gasteiger partial charge on any atom is -0.495 e. The van der Waals surface area contributed by atoms with Crippen molar-refractivity contribution in [2.24, 2.45) is 11.8 Å². The highest BCUT2D eigenvalue weighted by Crippen LogP contribution is 2.45. The van der Waals surface area contributed by atoms with Crippen molar-refractivity contribution in [1.82, 2.24) is 0 Å². The van der Waals surface area contributed by atoms with Crippen LogP contribution in [0.1, 0.15) is 26.7 Å². The van der Waals surface area contributed by atoms with Crippen LogP contribution in [0.2, 0.25) is 0 Å². The Kier molecular flexibility index (Phi) is 3.69. The summed E-state index contributed by atoms with van der Waals surface area (Å²) in [5, 5.41) is 12.7. The summed E-state index contributed by atoms with van der Waals surface area (Å²) >= 11 is 0. The number of carbonyl (C=O) groups is 1. The number of carboxylic acid groups (broad SMARTS) is 1. The number of carboxylic acids is 1. The van der Waals surface area contributed by atoms with Crippen LogP contribution in [0, 0.1) is 11.8 Å². The smallest absolute Gasteiger partial charge is 0.329 e. The fourth-order valence-electron chi connectivity index (χ4n) is 2.64. The van der Waals surface area contributed by atoms with Crippen molar-refractivity contribution in [3.05, 3.63) is 24.3 Å². The molecule has 1 aromatic carbocycles. The molecule has 104 valence electrons. The first-order valence-electron chi connectivity index (χ1n) is 6.63. The van der Waals surface area contributed by atoms with Gasteiger partial charge < -0.3 is 15.2 Å². The molecule has 4 nitrogen and oxygen atoms in total. The average molecular weight is 263 g/mol. The molecule has 0 saturated heterocycles. The molecule has 0 aliphatic heterocycles. The summed E-state index contributed by atoms with van der Waals surface area (Å²) in [6.45, 7) is 4.28. The van der Waals surface area contributed by atoms with E-state index in [0.29, 0.717) is 30.4 Å². The number of anilines is 1. The van der Waals surface area contributed by atoms with E-state index >= 15 is 0 Å². The molecule has 19 heavy (non-hydrogen) atoms. The van der Waals surface area contributed by atoms with Gasteiger partial charge in [-0.25, -0.2) is 4.79 Å². The summed E-state index contributed by atoms with van der Waals surface area (Å²) in [6.07, 6.45) is 1.33. The third kappa shape index (κ3) is 2.53. The van der Waals surface area contributed by atoms with E-state index in [1.165, 1.54) is 0 Å². The number of methoxy groups -OCH3 is 1. The summed E-state index contributed by atoms with van der Waals surface area (Å²) in [7, 11) is 1.59. The molecule has 4 heteroatoms. The van der Waals surface area contributed by atoms with Crippen molar-refractivity contribution in [2.75, 3.05) is 12.4 Å². The van der Waals surface area contributed by atoms with Crippen molar-refractivity contribution < 1.29 is 14.6 Å². The maximum absolute atomic E-state index is 11.6. The topological polar surface area (TPSA) is 58.6 Å². The zero-order chi connectivity index (χ0) is 14.0. The summed E-state index contributed by atoms with van der Waals surface area (Å²) in [4.78, 5) is 11.6. The Bertz CT molecular complexity index is 464. The lowest BCUT2D eigenvalue weighted by molar-refractivity contribution is -0.148. The molecule has 1 aliphatic carbocycles. The highest BCUT2D eigenvalue weighted by Gasteiger charge is 2.51. The molecule has 1 fully saturated rings. The van der Waals surface area contributed by atoms with Gasteiger partial charge in [0.1, 0.15) is 11.3 Å². The predicted octanol–water partition coefficient (Wildman–Crippen LogP) is 3.00. The quantitative estimate of drug-likeness (QED) is 0.857. The molecule has 2 N–H and O–H groups in total. The minimum atomic E-state index is -0.844. The lowest BCUT2D eigenvalue weighted by Gasteiger charge is -2.47. The van der Waals surface area contributed by atoms with Gasteiger partial charge in [0.2, 0.25) is 0 Å². The largest absolute Gasteiger partial charge is 0.495 e. The lowest BCUT2D eigenvalue weighted by atomic mass is 9.64. The van der Waals surface area contributed by atoms with Crippen LogP contribution in [0.25, 0.3) is 0 Å². The van der Waals surface area contributed by atoms with Crippen molar-refractivity contribution in [2.45, 2.75) is 32.2 Å². The van der Waals surface area contributed by atoms with E-state index in [4.69, 9.17) is 4.74 Å². The van der Waals surface area contributed by atoms with Crippen LogP contribution in [-0.4, -0.2) is 23.7 Å². The van der Waals surface area contributed by atoms with Gasteiger partial charge in [-0.3, -0.25) is 0 Å². The molecule has 2 rings (SSSR count). The van der Waals surface area contributed by atoms with E-state index in [9.17, 15) is 9.90 Å². The first-order valence-corrected chi connectivity index (χ1v) is 6.63. The van der Waals surface area contributed by atoms with Crippen LogP contribution in [0.15, 0.2) is 24.3 Å². The summed E-state index contributed by atoms with van der Waals surface area (Å²) in [5.74, 6) is 0.886. The number of hydrogen-bond acceptors (Lipinski definition) is 3. The maximum Gasteiger partial charge on any atom is 0.329 e. The fraction of sp³-hybridized carbons (Fsp3) is 0.533. The molecule has 0 aromatic heterocycles. The van der Waals surface area contributed by atoms with Gasteiger partial charge in [-0.1, -0.05) is 26.0 Å². The number of para-hydroxylation sites is 2. The molecule has 0 bridgehead atoms. The van der Waals surface area contributed by atoms with E-state index in [-0.39, 0.29) is 0 Å². The van der Waals surface area contributed by atoms with Crippen LogP contribution in [0.3, 0.4) is 0 Å². The second-order valence-corrected chi connectivity index (χ2v) is 5.62. The zero-order valence-electron chi connectivity index (χ0n) is 11.6. The van der Waals surface area contributed by atoms with E-state index in [1.54, 1.807) is 7.11 Å². The average Bonchev–Trinajstić information content (AvgIpc) is 2.32. The van der Waals surface area contributed by atoms with Crippen molar-refractivity contribution in [1.29, 1.82) is 0 Å². The van der Waals surface area contributed by atoms with E-state index in [0.717, 1.165) is 5.69 Å². The van der Waals surface area contributed by atoms with Gasteiger partial charge in [0.25, 0.3) is 0 Å². The molecular formula is C15H21NO3. The fourth-order valence-corrected chi connectivity index (χ4v) is 2.64. The third-order valence-electron chi connectivity index (χ3n) is 4.05. The van der Waals surface area contributed by atoms with Gasteiger partial charge >= 0.3 is 5.97 Å². The summed E-state index contributed by atoms with van der Waals surface area (Å²) in [6, 6.07) is 7.43. The van der Waals surface area contributed by atoms with Crippen molar-refractivity contribution >= 4 is 11.7 Å². The Morgan fingerprint density at radius 2 is 2.05 bits per heavy atom. The summed E-state index contributed by atoms with van der Waals surface area (Å²) in [5.41, 5.74) is -0.0987. The van der Waals surface area contributed by atoms with Crippen LogP contribution in [0.4, 0.5) is 5.69 Å². The number of ether oxygens (including phenoxy) is 1. The molecule has 0 atom stereocenters. The van der Waals surface area contributed by atoms with Gasteiger partial charge in [-0.15, -0.1) is 0 Å². The predicted molar refractivity (Wildman–Crippen MR) is 74.5 cm³/mol. The summed E-state index contributed by atoms with van der Waals surface area (Å²) < 4.78 is 5.26. The highest BCUT2D eigenvalue weighted by atomic mass is 16.5. The van der Waals surface area contributed by atoms with Gasteiger partial charge in [0.05, 0.1) is 12.8 Å². The molecule has 0 unspecified atom stereocenters. The Morgan fingerprint density at radius 1 is 1.42 bits per heavy atom. The van der Waals surface area contributed by atoms with Crippen molar-refractivity contribution in [3.8, 4) is 5.75 Å². The number of aliphatic carboxylic acids is 1. The van der Waals surface area contributed by atoms with Crippen LogP contribution in [-0.2, 0) is 4.79 Å². The molecule has 1 aromatic rings. The molecule has 0 spiro atoms. The first-order chi connectivity index (χ1) is 8.98. The Morgan fingerprint density at radius 3 is 2.58 bits per heavy atom. The normalized spacial score (nSPS) is 25.8. The molecule has 0 heterocycles. The maximum atomic E-state index is 11.6.